The molecule has 4 rings (SSSR count). The van der Waals surface area contributed by atoms with Gasteiger partial charge in [0, 0.05) is 5.56 Å². The summed E-state index contributed by atoms with van der Waals surface area (Å²) < 4.78 is 0. The molecule has 1 amide bonds. The molecule has 1 aliphatic carbocycles. The summed E-state index contributed by atoms with van der Waals surface area (Å²) >= 11 is 0. The van der Waals surface area contributed by atoms with Crippen molar-refractivity contribution in [2.45, 2.75) is 104 Å². The number of nitrogens with zero attached hydrogens (tertiary/aromatic N) is 3. The third-order valence-electron chi connectivity index (χ3n) is 7.94. The zero-order chi connectivity index (χ0) is 27.3. The van der Waals surface area contributed by atoms with Crippen LogP contribution in [0.3, 0.4) is 0 Å². The van der Waals surface area contributed by atoms with Crippen LogP contribution in [0.15, 0.2) is 36.4 Å². The van der Waals surface area contributed by atoms with Crippen LogP contribution in [0.5, 0.6) is 0 Å². The number of fused-ring (bicyclic) bond motifs is 1. The van der Waals surface area contributed by atoms with Gasteiger partial charge in [0.2, 0.25) is 0 Å². The highest BCUT2D eigenvalue weighted by atomic mass is 16.1. The smallest absolute Gasteiger partial charge is 0.270 e. The standard InChI is InChI=1S/C32H43N5O/c1-7-8-9-10-11-12-13-25-19-27-28(32(5,6)21-31(27,3)4)20-26(25)22(2)18-23-14-16-24(17-15-23)29(38)33-30-34-36-37-35-30/h14-20H,7-13,21H2,1-6H3,(H2,33,34,35,36,37,38)/b22-18+. The van der Waals surface area contributed by atoms with Crippen LogP contribution in [-0.4, -0.2) is 26.5 Å². The first kappa shape index (κ1) is 27.7. The molecular weight excluding hydrogens is 470 g/mol. The molecule has 38 heavy (non-hydrogen) atoms. The van der Waals surface area contributed by atoms with Gasteiger partial charge in [0.05, 0.1) is 0 Å². The van der Waals surface area contributed by atoms with Gasteiger partial charge in [-0.1, -0.05) is 102 Å². The molecule has 0 saturated heterocycles. The third-order valence-corrected chi connectivity index (χ3v) is 7.94. The second-order valence-corrected chi connectivity index (χ2v) is 12.2. The summed E-state index contributed by atoms with van der Waals surface area (Å²) in [6.45, 7) is 14.1. The molecule has 1 aliphatic rings. The maximum absolute atomic E-state index is 12.5. The van der Waals surface area contributed by atoms with Crippen molar-refractivity contribution in [3.05, 3.63) is 69.8 Å². The van der Waals surface area contributed by atoms with E-state index in [1.54, 1.807) is 0 Å². The van der Waals surface area contributed by atoms with Crippen molar-refractivity contribution < 1.29 is 4.79 Å². The lowest BCUT2D eigenvalue weighted by atomic mass is 9.82. The summed E-state index contributed by atoms with van der Waals surface area (Å²) in [5.74, 6) is -0.0984. The Kier molecular flexibility index (Phi) is 8.49. The average Bonchev–Trinajstić information content (AvgIpc) is 3.44. The molecule has 2 N–H and O–H groups in total. The van der Waals surface area contributed by atoms with Crippen molar-refractivity contribution in [3.8, 4) is 0 Å². The molecule has 1 heterocycles. The number of anilines is 1. The van der Waals surface area contributed by atoms with Crippen LogP contribution >= 0.6 is 0 Å². The van der Waals surface area contributed by atoms with Gasteiger partial charge in [0.25, 0.3) is 11.9 Å². The minimum Gasteiger partial charge on any atom is -0.288 e. The van der Waals surface area contributed by atoms with Crippen LogP contribution < -0.4 is 5.32 Å². The second kappa shape index (κ2) is 11.6. The molecule has 0 spiro atoms. The molecule has 3 aromatic rings. The van der Waals surface area contributed by atoms with Crippen LogP contribution in [0, 0.1) is 0 Å². The number of carbonyl (C=O) groups excluding carboxylic acids is 1. The lowest BCUT2D eigenvalue weighted by molar-refractivity contribution is 0.102. The number of amides is 1. The quantitative estimate of drug-likeness (QED) is 0.202. The Morgan fingerprint density at radius 1 is 0.974 bits per heavy atom. The second-order valence-electron chi connectivity index (χ2n) is 12.2. The number of aromatic nitrogens is 4. The van der Waals surface area contributed by atoms with Gasteiger partial charge in [-0.15, -0.1) is 5.10 Å². The van der Waals surface area contributed by atoms with E-state index in [0.717, 1.165) is 12.0 Å². The Morgan fingerprint density at radius 2 is 1.63 bits per heavy atom. The Hall–Kier alpha value is -3.28. The van der Waals surface area contributed by atoms with E-state index >= 15 is 0 Å². The summed E-state index contributed by atoms with van der Waals surface area (Å²) in [4.78, 5) is 12.5. The molecule has 0 fully saturated rings. The van der Waals surface area contributed by atoms with Gasteiger partial charge in [-0.25, -0.2) is 0 Å². The maximum Gasteiger partial charge on any atom is 0.270 e. The van der Waals surface area contributed by atoms with Gasteiger partial charge in [-0.3, -0.25) is 10.1 Å². The number of carbonyl (C=O) groups is 1. The Balaban J connectivity index is 1.58. The van der Waals surface area contributed by atoms with E-state index in [2.05, 4.69) is 85.7 Å². The molecule has 0 unspecified atom stereocenters. The van der Waals surface area contributed by atoms with E-state index in [1.165, 1.54) is 72.8 Å². The molecule has 6 nitrogen and oxygen atoms in total. The van der Waals surface area contributed by atoms with Crippen molar-refractivity contribution in [2.75, 3.05) is 5.32 Å². The minimum absolute atomic E-state index is 0.162. The maximum atomic E-state index is 12.5. The first-order chi connectivity index (χ1) is 18.1. The minimum atomic E-state index is -0.261. The molecule has 2 aromatic carbocycles. The van der Waals surface area contributed by atoms with Crippen LogP contribution in [0.4, 0.5) is 5.95 Å². The van der Waals surface area contributed by atoms with Crippen molar-refractivity contribution in [1.29, 1.82) is 0 Å². The molecule has 0 saturated carbocycles. The van der Waals surface area contributed by atoms with E-state index in [4.69, 9.17) is 0 Å². The molecule has 0 bridgehead atoms. The number of rotatable bonds is 11. The lowest BCUT2D eigenvalue weighted by Crippen LogP contribution is -2.18. The SMILES string of the molecule is CCCCCCCCc1cc2c(cc1/C(C)=C/c1ccc(C(=O)Nc3nn[nH]n3)cc1)C(C)(C)CC2(C)C. The average molecular weight is 514 g/mol. The van der Waals surface area contributed by atoms with Gasteiger partial charge in [-0.05, 0) is 87.8 Å². The number of hydrogen-bond donors (Lipinski definition) is 2. The number of aryl methyl sites for hydroxylation is 1. The number of allylic oxidation sites excluding steroid dienone is 1. The van der Waals surface area contributed by atoms with Gasteiger partial charge in [0.1, 0.15) is 0 Å². The highest BCUT2D eigenvalue weighted by Crippen LogP contribution is 2.50. The number of nitrogens with one attached hydrogen (secondary N) is 2. The van der Waals surface area contributed by atoms with Crippen LogP contribution in [-0.2, 0) is 17.3 Å². The normalized spacial score (nSPS) is 15.9. The predicted molar refractivity (Wildman–Crippen MR) is 156 cm³/mol. The number of unbranched alkanes of at least 4 members (excludes halogenated alkanes) is 5. The number of benzene rings is 2. The molecule has 202 valence electrons. The van der Waals surface area contributed by atoms with E-state index in [1.807, 2.05) is 24.3 Å². The molecule has 0 atom stereocenters. The Labute approximate surface area is 227 Å². The van der Waals surface area contributed by atoms with Crippen molar-refractivity contribution >= 4 is 23.5 Å². The van der Waals surface area contributed by atoms with Crippen molar-refractivity contribution in [1.82, 2.24) is 20.6 Å². The van der Waals surface area contributed by atoms with Gasteiger partial charge >= 0.3 is 0 Å². The first-order valence-corrected chi connectivity index (χ1v) is 14.1. The Morgan fingerprint density at radius 3 is 2.29 bits per heavy atom. The van der Waals surface area contributed by atoms with E-state index in [9.17, 15) is 4.79 Å². The molecule has 0 radical (unpaired) electrons. The summed E-state index contributed by atoms with van der Waals surface area (Å²) in [5.41, 5.74) is 9.10. The van der Waals surface area contributed by atoms with E-state index in [-0.39, 0.29) is 22.7 Å². The zero-order valence-electron chi connectivity index (χ0n) is 23.9. The van der Waals surface area contributed by atoms with Gasteiger partial charge in [-0.2, -0.15) is 5.21 Å². The summed E-state index contributed by atoms with van der Waals surface area (Å²) in [6.07, 6.45) is 12.3. The number of H-pyrrole nitrogens is 1. The van der Waals surface area contributed by atoms with Gasteiger partial charge < -0.3 is 0 Å². The first-order valence-electron chi connectivity index (χ1n) is 14.1. The Bertz CT molecular complexity index is 1270. The molecule has 1 aromatic heterocycles. The summed E-state index contributed by atoms with van der Waals surface area (Å²) in [7, 11) is 0. The molecular formula is C32H43N5O. The van der Waals surface area contributed by atoms with Crippen LogP contribution in [0.2, 0.25) is 0 Å². The largest absolute Gasteiger partial charge is 0.288 e. The van der Waals surface area contributed by atoms with Gasteiger partial charge in [0.15, 0.2) is 0 Å². The third kappa shape index (κ3) is 6.40. The van der Waals surface area contributed by atoms with Crippen molar-refractivity contribution in [2.24, 2.45) is 0 Å². The van der Waals surface area contributed by atoms with E-state index < -0.39 is 0 Å². The zero-order valence-corrected chi connectivity index (χ0v) is 23.9. The number of aromatic amines is 1. The predicted octanol–water partition coefficient (Wildman–Crippen LogP) is 7.87. The highest BCUT2D eigenvalue weighted by Gasteiger charge is 2.42. The highest BCUT2D eigenvalue weighted by molar-refractivity contribution is 6.03. The monoisotopic (exact) mass is 513 g/mol. The fraction of sp³-hybridized carbons (Fsp3) is 0.500. The lowest BCUT2D eigenvalue weighted by Gasteiger charge is -2.22. The fourth-order valence-electron chi connectivity index (χ4n) is 6.18. The number of hydrogen-bond acceptors (Lipinski definition) is 4. The fourth-order valence-corrected chi connectivity index (χ4v) is 6.18. The molecule has 0 aliphatic heterocycles. The molecule has 6 heteroatoms. The van der Waals surface area contributed by atoms with Crippen LogP contribution in [0.25, 0.3) is 11.6 Å². The topological polar surface area (TPSA) is 83.6 Å². The summed E-state index contributed by atoms with van der Waals surface area (Å²) in [6, 6.07) is 12.6. The van der Waals surface area contributed by atoms with Crippen molar-refractivity contribution in [3.63, 3.8) is 0 Å². The van der Waals surface area contributed by atoms with Crippen LogP contribution in [0.1, 0.15) is 125 Å². The summed E-state index contributed by atoms with van der Waals surface area (Å²) in [5, 5.41) is 16.0. The van der Waals surface area contributed by atoms with E-state index in [0.29, 0.717) is 5.56 Å². The number of tetrazole rings is 1.